The minimum absolute atomic E-state index is 0.136. The number of carbonyl (C=O) groups is 1. The minimum Gasteiger partial charge on any atom is -0.396 e. The van der Waals surface area contributed by atoms with Crippen LogP contribution in [0.15, 0.2) is 0 Å². The van der Waals surface area contributed by atoms with Gasteiger partial charge in [0.1, 0.15) is 0 Å². The second-order valence-corrected chi connectivity index (χ2v) is 5.97. The standard InChI is InChI=1S/C15H30N2O2/c1-3-6-15(7-10-16-11-8-15)14(19)17-9-4-5-13(2)12-18/h13,16,18H,3-12H2,1-2H3,(H,17,19). The van der Waals surface area contributed by atoms with Crippen molar-refractivity contribution in [2.45, 2.75) is 52.4 Å². The van der Waals surface area contributed by atoms with Crippen LogP contribution in [0.25, 0.3) is 0 Å². The number of carbonyl (C=O) groups excluding carboxylic acids is 1. The predicted octanol–water partition coefficient (Wildman–Crippen LogP) is 1.68. The molecule has 1 unspecified atom stereocenters. The molecule has 1 saturated heterocycles. The van der Waals surface area contributed by atoms with E-state index in [1.807, 2.05) is 6.92 Å². The summed E-state index contributed by atoms with van der Waals surface area (Å²) >= 11 is 0. The van der Waals surface area contributed by atoms with E-state index in [0.717, 1.165) is 58.2 Å². The van der Waals surface area contributed by atoms with Crippen LogP contribution in [0.4, 0.5) is 0 Å². The molecule has 1 aliphatic heterocycles. The molecule has 0 aromatic rings. The molecule has 3 N–H and O–H groups in total. The SMILES string of the molecule is CCCC1(C(=O)NCCCC(C)CO)CCNCC1. The van der Waals surface area contributed by atoms with Crippen molar-refractivity contribution in [2.24, 2.45) is 11.3 Å². The summed E-state index contributed by atoms with van der Waals surface area (Å²) < 4.78 is 0. The first-order valence-electron chi connectivity index (χ1n) is 7.74. The summed E-state index contributed by atoms with van der Waals surface area (Å²) in [4.78, 5) is 12.4. The molecule has 0 aromatic heterocycles. The van der Waals surface area contributed by atoms with Crippen molar-refractivity contribution in [1.29, 1.82) is 0 Å². The van der Waals surface area contributed by atoms with E-state index in [2.05, 4.69) is 17.6 Å². The van der Waals surface area contributed by atoms with Gasteiger partial charge in [-0.1, -0.05) is 20.3 Å². The second kappa shape index (κ2) is 8.54. The van der Waals surface area contributed by atoms with Crippen molar-refractivity contribution in [3.8, 4) is 0 Å². The number of nitrogens with one attached hydrogen (secondary N) is 2. The topological polar surface area (TPSA) is 61.4 Å². The van der Waals surface area contributed by atoms with Crippen LogP contribution in [-0.2, 0) is 4.79 Å². The number of aliphatic hydroxyl groups is 1. The molecule has 4 nitrogen and oxygen atoms in total. The van der Waals surface area contributed by atoms with Crippen molar-refractivity contribution >= 4 is 5.91 Å². The third kappa shape index (κ3) is 5.11. The number of piperidine rings is 1. The summed E-state index contributed by atoms with van der Waals surface area (Å²) in [6.07, 6.45) is 5.90. The first-order chi connectivity index (χ1) is 9.14. The molecule has 19 heavy (non-hydrogen) atoms. The van der Waals surface area contributed by atoms with Crippen LogP contribution in [0.1, 0.15) is 52.4 Å². The maximum absolute atomic E-state index is 12.4. The van der Waals surface area contributed by atoms with Crippen molar-refractivity contribution < 1.29 is 9.90 Å². The smallest absolute Gasteiger partial charge is 0.226 e. The number of amides is 1. The van der Waals surface area contributed by atoms with Gasteiger partial charge in [0.25, 0.3) is 0 Å². The Morgan fingerprint density at radius 3 is 2.68 bits per heavy atom. The normalized spacial score (nSPS) is 19.9. The maximum Gasteiger partial charge on any atom is 0.226 e. The molecule has 0 saturated carbocycles. The number of hydrogen-bond acceptors (Lipinski definition) is 3. The zero-order valence-electron chi connectivity index (χ0n) is 12.5. The van der Waals surface area contributed by atoms with E-state index < -0.39 is 0 Å². The lowest BCUT2D eigenvalue weighted by molar-refractivity contribution is -0.133. The Morgan fingerprint density at radius 2 is 2.11 bits per heavy atom. The van der Waals surface area contributed by atoms with Gasteiger partial charge in [0.05, 0.1) is 5.41 Å². The largest absolute Gasteiger partial charge is 0.396 e. The van der Waals surface area contributed by atoms with Gasteiger partial charge in [0.2, 0.25) is 5.91 Å². The molecule has 1 rings (SSSR count). The lowest BCUT2D eigenvalue weighted by Gasteiger charge is -2.36. The first-order valence-corrected chi connectivity index (χ1v) is 7.74. The Morgan fingerprint density at radius 1 is 1.42 bits per heavy atom. The van der Waals surface area contributed by atoms with Crippen LogP contribution in [0.3, 0.4) is 0 Å². The zero-order chi connectivity index (χ0) is 14.1. The summed E-state index contributed by atoms with van der Waals surface area (Å²) in [7, 11) is 0. The highest BCUT2D eigenvalue weighted by Gasteiger charge is 2.38. The number of aliphatic hydroxyl groups excluding tert-OH is 1. The average Bonchev–Trinajstić information content (AvgIpc) is 2.44. The first kappa shape index (κ1) is 16.4. The molecule has 1 fully saturated rings. The molecule has 0 radical (unpaired) electrons. The summed E-state index contributed by atoms with van der Waals surface area (Å²) in [6.45, 7) is 7.07. The molecule has 0 aromatic carbocycles. The molecule has 0 bridgehead atoms. The van der Waals surface area contributed by atoms with E-state index in [9.17, 15) is 4.79 Å². The van der Waals surface area contributed by atoms with Crippen molar-refractivity contribution in [2.75, 3.05) is 26.2 Å². The van der Waals surface area contributed by atoms with Crippen LogP contribution in [-0.4, -0.2) is 37.3 Å². The van der Waals surface area contributed by atoms with Gasteiger partial charge >= 0.3 is 0 Å². The van der Waals surface area contributed by atoms with E-state index in [1.54, 1.807) is 0 Å². The van der Waals surface area contributed by atoms with E-state index in [1.165, 1.54) is 0 Å². The van der Waals surface area contributed by atoms with Gasteiger partial charge in [-0.2, -0.15) is 0 Å². The zero-order valence-corrected chi connectivity index (χ0v) is 12.5. The Hall–Kier alpha value is -0.610. The lowest BCUT2D eigenvalue weighted by Crippen LogP contribution is -2.47. The Balaban J connectivity index is 2.36. The van der Waals surface area contributed by atoms with Crippen molar-refractivity contribution in [1.82, 2.24) is 10.6 Å². The Labute approximate surface area is 117 Å². The second-order valence-electron chi connectivity index (χ2n) is 5.97. The van der Waals surface area contributed by atoms with Crippen LogP contribution in [0.5, 0.6) is 0 Å². The lowest BCUT2D eigenvalue weighted by atomic mass is 9.74. The van der Waals surface area contributed by atoms with Gasteiger partial charge in [-0.25, -0.2) is 0 Å². The molecule has 0 spiro atoms. The van der Waals surface area contributed by atoms with Crippen LogP contribution < -0.4 is 10.6 Å². The summed E-state index contributed by atoms with van der Waals surface area (Å²) in [6, 6.07) is 0. The van der Waals surface area contributed by atoms with Gasteiger partial charge < -0.3 is 15.7 Å². The highest BCUT2D eigenvalue weighted by molar-refractivity contribution is 5.82. The van der Waals surface area contributed by atoms with Gasteiger partial charge in [-0.05, 0) is 51.1 Å². The third-order valence-corrected chi connectivity index (χ3v) is 4.24. The van der Waals surface area contributed by atoms with Crippen LogP contribution >= 0.6 is 0 Å². The maximum atomic E-state index is 12.4. The fourth-order valence-corrected chi connectivity index (χ4v) is 2.91. The molecular formula is C15H30N2O2. The van der Waals surface area contributed by atoms with Gasteiger partial charge in [-0.3, -0.25) is 4.79 Å². The molecular weight excluding hydrogens is 240 g/mol. The van der Waals surface area contributed by atoms with E-state index in [4.69, 9.17) is 5.11 Å². The average molecular weight is 270 g/mol. The van der Waals surface area contributed by atoms with Crippen LogP contribution in [0, 0.1) is 11.3 Å². The molecule has 1 heterocycles. The molecule has 1 atom stereocenters. The summed E-state index contributed by atoms with van der Waals surface area (Å²) in [5.41, 5.74) is -0.136. The van der Waals surface area contributed by atoms with Crippen molar-refractivity contribution in [3.63, 3.8) is 0 Å². The van der Waals surface area contributed by atoms with E-state index >= 15 is 0 Å². The van der Waals surface area contributed by atoms with Gasteiger partial charge in [-0.15, -0.1) is 0 Å². The Kier molecular flexibility index (Phi) is 7.39. The minimum atomic E-state index is -0.136. The Bertz CT molecular complexity index is 257. The monoisotopic (exact) mass is 270 g/mol. The summed E-state index contributed by atoms with van der Waals surface area (Å²) in [5.74, 6) is 0.577. The molecule has 1 aliphatic rings. The molecule has 112 valence electrons. The van der Waals surface area contributed by atoms with Crippen molar-refractivity contribution in [3.05, 3.63) is 0 Å². The van der Waals surface area contributed by atoms with Crippen LogP contribution in [0.2, 0.25) is 0 Å². The van der Waals surface area contributed by atoms with Gasteiger partial charge in [0.15, 0.2) is 0 Å². The fourth-order valence-electron chi connectivity index (χ4n) is 2.91. The molecule has 1 amide bonds. The predicted molar refractivity (Wildman–Crippen MR) is 77.9 cm³/mol. The third-order valence-electron chi connectivity index (χ3n) is 4.24. The quantitative estimate of drug-likeness (QED) is 0.588. The number of rotatable bonds is 8. The summed E-state index contributed by atoms with van der Waals surface area (Å²) in [5, 5.41) is 15.4. The molecule has 4 heteroatoms. The van der Waals surface area contributed by atoms with Gasteiger partial charge in [0, 0.05) is 13.2 Å². The highest BCUT2D eigenvalue weighted by atomic mass is 16.3. The number of hydrogen-bond donors (Lipinski definition) is 3. The van der Waals surface area contributed by atoms with E-state index in [-0.39, 0.29) is 17.9 Å². The highest BCUT2D eigenvalue weighted by Crippen LogP contribution is 2.34. The van der Waals surface area contributed by atoms with E-state index in [0.29, 0.717) is 5.92 Å². The molecule has 0 aliphatic carbocycles. The fraction of sp³-hybridized carbons (Fsp3) is 0.933.